The second kappa shape index (κ2) is 7.28. The van der Waals surface area contributed by atoms with Crippen LogP contribution in [0.15, 0.2) is 48.5 Å². The van der Waals surface area contributed by atoms with Crippen molar-refractivity contribution >= 4 is 17.7 Å². The van der Waals surface area contributed by atoms with Crippen LogP contribution in [0.5, 0.6) is 5.75 Å². The van der Waals surface area contributed by atoms with Gasteiger partial charge in [0.05, 0.1) is 18.7 Å². The van der Waals surface area contributed by atoms with Crippen molar-refractivity contribution in [2.45, 2.75) is 18.3 Å². The van der Waals surface area contributed by atoms with Crippen molar-refractivity contribution in [2.75, 3.05) is 18.9 Å². The van der Waals surface area contributed by atoms with E-state index in [0.717, 1.165) is 16.9 Å². The minimum Gasteiger partial charge on any atom is -0.493 e. The highest BCUT2D eigenvalue weighted by Gasteiger charge is 2.35. The molecule has 1 aliphatic rings. The van der Waals surface area contributed by atoms with Crippen molar-refractivity contribution in [3.8, 4) is 5.75 Å². The SMILES string of the molecule is CCOc1ccccc1C(=O)NCC1(O)CSCc2ccccc21. The highest BCUT2D eigenvalue weighted by Crippen LogP contribution is 2.36. The van der Waals surface area contributed by atoms with Crippen molar-refractivity contribution in [3.05, 3.63) is 65.2 Å². The molecule has 0 aromatic heterocycles. The number of hydrogen-bond donors (Lipinski definition) is 2. The summed E-state index contributed by atoms with van der Waals surface area (Å²) in [5, 5.41) is 13.9. The van der Waals surface area contributed by atoms with Gasteiger partial charge in [-0.1, -0.05) is 36.4 Å². The average Bonchev–Trinajstić information content (AvgIpc) is 2.61. The minimum absolute atomic E-state index is 0.177. The van der Waals surface area contributed by atoms with E-state index in [1.165, 1.54) is 0 Å². The van der Waals surface area contributed by atoms with Crippen LogP contribution in [0.1, 0.15) is 28.4 Å². The third-order valence-electron chi connectivity index (χ3n) is 4.09. The van der Waals surface area contributed by atoms with Crippen LogP contribution >= 0.6 is 11.8 Å². The van der Waals surface area contributed by atoms with Gasteiger partial charge >= 0.3 is 0 Å². The fraction of sp³-hybridized carbons (Fsp3) is 0.316. The Morgan fingerprint density at radius 2 is 2.00 bits per heavy atom. The molecule has 1 aliphatic heterocycles. The van der Waals surface area contributed by atoms with Crippen LogP contribution in [0.25, 0.3) is 0 Å². The number of rotatable bonds is 5. The second-order valence-electron chi connectivity index (χ2n) is 5.79. The van der Waals surface area contributed by atoms with E-state index < -0.39 is 5.60 Å². The molecular formula is C19H21NO3S. The summed E-state index contributed by atoms with van der Waals surface area (Å²) in [5.41, 5.74) is 1.47. The summed E-state index contributed by atoms with van der Waals surface area (Å²) in [4.78, 5) is 12.5. The fourth-order valence-electron chi connectivity index (χ4n) is 2.91. The van der Waals surface area contributed by atoms with Gasteiger partial charge in [-0.2, -0.15) is 11.8 Å². The zero-order valence-electron chi connectivity index (χ0n) is 13.6. The molecule has 1 amide bonds. The largest absolute Gasteiger partial charge is 0.493 e. The molecule has 0 aliphatic carbocycles. The Labute approximate surface area is 146 Å². The zero-order chi connectivity index (χ0) is 17.0. The maximum absolute atomic E-state index is 12.5. The van der Waals surface area contributed by atoms with Crippen LogP contribution in [-0.4, -0.2) is 29.9 Å². The van der Waals surface area contributed by atoms with Gasteiger partial charge in [0.2, 0.25) is 0 Å². The van der Waals surface area contributed by atoms with Crippen LogP contribution in [0.3, 0.4) is 0 Å². The van der Waals surface area contributed by atoms with E-state index in [-0.39, 0.29) is 12.5 Å². The molecule has 24 heavy (non-hydrogen) atoms. The molecule has 2 aromatic carbocycles. The Morgan fingerprint density at radius 1 is 1.25 bits per heavy atom. The van der Waals surface area contributed by atoms with Crippen LogP contribution < -0.4 is 10.1 Å². The first-order valence-corrected chi connectivity index (χ1v) is 9.18. The number of carbonyl (C=O) groups excluding carboxylic acids is 1. The molecular weight excluding hydrogens is 322 g/mol. The minimum atomic E-state index is -1.05. The van der Waals surface area contributed by atoms with Gasteiger partial charge in [-0.3, -0.25) is 4.79 Å². The Morgan fingerprint density at radius 3 is 2.83 bits per heavy atom. The van der Waals surface area contributed by atoms with Gasteiger partial charge in [0.25, 0.3) is 5.91 Å². The van der Waals surface area contributed by atoms with Gasteiger partial charge in [-0.25, -0.2) is 0 Å². The summed E-state index contributed by atoms with van der Waals surface area (Å²) < 4.78 is 5.50. The van der Waals surface area contributed by atoms with E-state index in [2.05, 4.69) is 5.32 Å². The Balaban J connectivity index is 1.76. The van der Waals surface area contributed by atoms with Crippen LogP contribution in [0.4, 0.5) is 0 Å². The Bertz CT molecular complexity index is 734. The monoisotopic (exact) mass is 343 g/mol. The average molecular weight is 343 g/mol. The number of aliphatic hydroxyl groups is 1. The lowest BCUT2D eigenvalue weighted by Gasteiger charge is -2.34. The van der Waals surface area contributed by atoms with E-state index in [9.17, 15) is 9.90 Å². The third kappa shape index (κ3) is 3.42. The first-order valence-electron chi connectivity index (χ1n) is 8.02. The van der Waals surface area contributed by atoms with Gasteiger partial charge in [-0.05, 0) is 30.2 Å². The molecule has 5 heteroatoms. The Hall–Kier alpha value is -1.98. The normalized spacial score (nSPS) is 19.4. The van der Waals surface area contributed by atoms with E-state index in [0.29, 0.717) is 23.7 Å². The van der Waals surface area contributed by atoms with Crippen molar-refractivity contribution in [2.24, 2.45) is 0 Å². The molecule has 0 spiro atoms. The number of fused-ring (bicyclic) bond motifs is 1. The lowest BCUT2D eigenvalue weighted by molar-refractivity contribution is 0.0551. The van der Waals surface area contributed by atoms with Crippen molar-refractivity contribution in [1.82, 2.24) is 5.32 Å². The first-order chi connectivity index (χ1) is 11.6. The lowest BCUT2D eigenvalue weighted by Crippen LogP contribution is -2.44. The maximum Gasteiger partial charge on any atom is 0.255 e. The highest BCUT2D eigenvalue weighted by molar-refractivity contribution is 7.98. The van der Waals surface area contributed by atoms with Gasteiger partial charge in [-0.15, -0.1) is 0 Å². The predicted octanol–water partition coefficient (Wildman–Crippen LogP) is 2.95. The van der Waals surface area contributed by atoms with Crippen LogP contribution in [0, 0.1) is 0 Å². The first kappa shape index (κ1) is 16.9. The molecule has 0 bridgehead atoms. The number of ether oxygens (including phenoxy) is 1. The molecule has 0 saturated carbocycles. The predicted molar refractivity (Wildman–Crippen MR) is 96.4 cm³/mol. The van der Waals surface area contributed by atoms with Crippen LogP contribution in [-0.2, 0) is 11.4 Å². The quantitative estimate of drug-likeness (QED) is 0.876. The van der Waals surface area contributed by atoms with E-state index in [1.54, 1.807) is 30.0 Å². The smallest absolute Gasteiger partial charge is 0.255 e. The molecule has 0 radical (unpaired) electrons. The number of benzene rings is 2. The lowest BCUT2D eigenvalue weighted by atomic mass is 9.91. The summed E-state index contributed by atoms with van der Waals surface area (Å²) in [5.74, 6) is 1.78. The number of carbonyl (C=O) groups is 1. The highest BCUT2D eigenvalue weighted by atomic mass is 32.2. The second-order valence-corrected chi connectivity index (χ2v) is 6.78. The van der Waals surface area contributed by atoms with Crippen molar-refractivity contribution < 1.29 is 14.6 Å². The van der Waals surface area contributed by atoms with Gasteiger partial charge in [0.15, 0.2) is 0 Å². The van der Waals surface area contributed by atoms with Gasteiger partial charge < -0.3 is 15.2 Å². The summed E-state index contributed by atoms with van der Waals surface area (Å²) in [6.45, 7) is 2.56. The Kier molecular flexibility index (Phi) is 5.11. The van der Waals surface area contributed by atoms with Gasteiger partial charge in [0.1, 0.15) is 11.4 Å². The molecule has 126 valence electrons. The molecule has 2 N–H and O–H groups in total. The summed E-state index contributed by atoms with van der Waals surface area (Å²) in [6, 6.07) is 15.0. The standard InChI is InChI=1S/C19H21NO3S/c1-2-23-17-10-6-4-8-15(17)18(21)20-12-19(22)13-24-11-14-7-3-5-9-16(14)19/h3-10,22H,2,11-13H2,1H3,(H,20,21). The third-order valence-corrected chi connectivity index (χ3v) is 5.29. The maximum atomic E-state index is 12.5. The summed E-state index contributed by atoms with van der Waals surface area (Å²) >= 11 is 1.68. The van der Waals surface area contributed by atoms with Crippen molar-refractivity contribution in [1.29, 1.82) is 0 Å². The van der Waals surface area contributed by atoms with E-state index >= 15 is 0 Å². The van der Waals surface area contributed by atoms with E-state index in [4.69, 9.17) is 4.74 Å². The number of thioether (sulfide) groups is 1. The molecule has 2 aromatic rings. The number of nitrogens with one attached hydrogen (secondary N) is 1. The molecule has 0 saturated heterocycles. The fourth-order valence-corrected chi connectivity index (χ4v) is 4.08. The number of hydrogen-bond acceptors (Lipinski definition) is 4. The molecule has 4 nitrogen and oxygen atoms in total. The molecule has 1 atom stereocenters. The summed E-state index contributed by atoms with van der Waals surface area (Å²) in [7, 11) is 0. The van der Waals surface area contributed by atoms with E-state index in [1.807, 2.05) is 37.3 Å². The molecule has 1 heterocycles. The summed E-state index contributed by atoms with van der Waals surface area (Å²) in [6.07, 6.45) is 0. The molecule has 3 rings (SSSR count). The zero-order valence-corrected chi connectivity index (χ0v) is 14.4. The van der Waals surface area contributed by atoms with Gasteiger partial charge in [0, 0.05) is 11.5 Å². The molecule has 1 unspecified atom stereocenters. The van der Waals surface area contributed by atoms with Crippen molar-refractivity contribution in [3.63, 3.8) is 0 Å². The molecule has 0 fully saturated rings. The number of amides is 1. The number of para-hydroxylation sites is 1. The van der Waals surface area contributed by atoms with Crippen LogP contribution in [0.2, 0.25) is 0 Å². The topological polar surface area (TPSA) is 58.6 Å².